The second kappa shape index (κ2) is 3.89. The normalized spacial score (nSPS) is 24.3. The minimum atomic E-state index is 0.696. The van der Waals surface area contributed by atoms with Crippen LogP contribution in [0.5, 0.6) is 0 Å². The summed E-state index contributed by atoms with van der Waals surface area (Å²) in [6, 6.07) is 9.17. The highest BCUT2D eigenvalue weighted by Gasteiger charge is 2.40. The van der Waals surface area contributed by atoms with Crippen molar-refractivity contribution >= 4 is 0 Å². The summed E-state index contributed by atoms with van der Waals surface area (Å²) in [5.74, 6) is 0.826. The monoisotopic (exact) mass is 215 g/mol. The molecule has 1 aromatic rings. The van der Waals surface area contributed by atoms with E-state index in [0.717, 1.165) is 5.92 Å². The van der Waals surface area contributed by atoms with E-state index in [9.17, 15) is 0 Å². The molecule has 3 rings (SSSR count). The summed E-state index contributed by atoms with van der Waals surface area (Å²) >= 11 is 0. The van der Waals surface area contributed by atoms with Gasteiger partial charge in [0, 0.05) is 13.1 Å². The molecule has 0 atom stereocenters. The van der Waals surface area contributed by atoms with Crippen LogP contribution in [0, 0.1) is 12.3 Å². The van der Waals surface area contributed by atoms with Gasteiger partial charge in [-0.2, -0.15) is 0 Å². The van der Waals surface area contributed by atoms with E-state index in [1.165, 1.54) is 44.3 Å². The van der Waals surface area contributed by atoms with Gasteiger partial charge in [-0.05, 0) is 49.5 Å². The van der Waals surface area contributed by atoms with Crippen molar-refractivity contribution in [2.75, 3.05) is 13.1 Å². The van der Waals surface area contributed by atoms with Crippen LogP contribution in [0.1, 0.15) is 42.7 Å². The lowest BCUT2D eigenvalue weighted by atomic mass is 9.66. The SMILES string of the molecule is Cc1ccc(C2CCC3(CC2)CNC3)cc1. The number of rotatable bonds is 1. The Labute approximate surface area is 98.3 Å². The van der Waals surface area contributed by atoms with Crippen LogP contribution in [0.15, 0.2) is 24.3 Å². The van der Waals surface area contributed by atoms with Gasteiger partial charge in [0.05, 0.1) is 0 Å². The zero-order chi connectivity index (χ0) is 11.0. The fourth-order valence-electron chi connectivity index (χ4n) is 3.23. The third-order valence-corrected chi connectivity index (χ3v) is 4.60. The predicted molar refractivity (Wildman–Crippen MR) is 67.7 cm³/mol. The highest BCUT2D eigenvalue weighted by molar-refractivity contribution is 5.25. The molecule has 1 aliphatic heterocycles. The fraction of sp³-hybridized carbons (Fsp3) is 0.600. The Hall–Kier alpha value is -0.820. The highest BCUT2D eigenvalue weighted by atomic mass is 15.0. The van der Waals surface area contributed by atoms with Crippen LogP contribution in [0.2, 0.25) is 0 Å². The zero-order valence-electron chi connectivity index (χ0n) is 10.1. The predicted octanol–water partition coefficient (Wildman–Crippen LogP) is 3.24. The second-order valence-corrected chi connectivity index (χ2v) is 5.79. The quantitative estimate of drug-likeness (QED) is 0.758. The van der Waals surface area contributed by atoms with E-state index in [4.69, 9.17) is 0 Å². The molecule has 2 aliphatic rings. The molecular weight excluding hydrogens is 194 g/mol. The van der Waals surface area contributed by atoms with Crippen molar-refractivity contribution in [1.82, 2.24) is 5.32 Å². The fourth-order valence-corrected chi connectivity index (χ4v) is 3.23. The van der Waals surface area contributed by atoms with Crippen molar-refractivity contribution in [3.63, 3.8) is 0 Å². The molecule has 1 saturated carbocycles. The molecule has 1 aromatic carbocycles. The molecule has 0 radical (unpaired) electrons. The minimum absolute atomic E-state index is 0.696. The largest absolute Gasteiger partial charge is 0.316 e. The van der Waals surface area contributed by atoms with Crippen LogP contribution in [0.25, 0.3) is 0 Å². The molecule has 1 saturated heterocycles. The first-order chi connectivity index (χ1) is 7.77. The molecule has 1 spiro atoms. The van der Waals surface area contributed by atoms with Crippen LogP contribution >= 0.6 is 0 Å². The van der Waals surface area contributed by atoms with E-state index in [1.807, 2.05) is 0 Å². The van der Waals surface area contributed by atoms with Crippen LogP contribution < -0.4 is 5.32 Å². The van der Waals surface area contributed by atoms with Gasteiger partial charge in [-0.15, -0.1) is 0 Å². The number of hydrogen-bond acceptors (Lipinski definition) is 1. The van der Waals surface area contributed by atoms with Gasteiger partial charge in [-0.25, -0.2) is 0 Å². The van der Waals surface area contributed by atoms with Gasteiger partial charge in [-0.1, -0.05) is 29.8 Å². The topological polar surface area (TPSA) is 12.0 Å². The Balaban J connectivity index is 1.67. The van der Waals surface area contributed by atoms with E-state index in [0.29, 0.717) is 5.41 Å². The van der Waals surface area contributed by atoms with E-state index in [-0.39, 0.29) is 0 Å². The Bertz CT molecular complexity index is 352. The lowest BCUT2D eigenvalue weighted by Gasteiger charge is -2.47. The van der Waals surface area contributed by atoms with Gasteiger partial charge in [0.2, 0.25) is 0 Å². The van der Waals surface area contributed by atoms with Crippen LogP contribution in [0.4, 0.5) is 0 Å². The molecule has 2 fully saturated rings. The second-order valence-electron chi connectivity index (χ2n) is 5.79. The Morgan fingerprint density at radius 1 is 1.06 bits per heavy atom. The number of hydrogen-bond donors (Lipinski definition) is 1. The minimum Gasteiger partial charge on any atom is -0.316 e. The number of benzene rings is 1. The molecule has 1 nitrogen and oxygen atoms in total. The highest BCUT2D eigenvalue weighted by Crippen LogP contribution is 2.45. The van der Waals surface area contributed by atoms with Crippen molar-refractivity contribution in [2.45, 2.75) is 38.5 Å². The average molecular weight is 215 g/mol. The van der Waals surface area contributed by atoms with Gasteiger partial charge in [-0.3, -0.25) is 0 Å². The van der Waals surface area contributed by atoms with Crippen LogP contribution in [0.3, 0.4) is 0 Å². The molecular formula is C15H21N. The van der Waals surface area contributed by atoms with Crippen LogP contribution in [-0.2, 0) is 0 Å². The molecule has 0 aromatic heterocycles. The molecule has 1 heterocycles. The molecule has 16 heavy (non-hydrogen) atoms. The molecule has 86 valence electrons. The summed E-state index contributed by atoms with van der Waals surface area (Å²) < 4.78 is 0. The first kappa shape index (κ1) is 10.3. The van der Waals surface area contributed by atoms with Crippen molar-refractivity contribution in [2.24, 2.45) is 5.41 Å². The standard InChI is InChI=1S/C15H21N/c1-12-2-4-13(5-3-12)14-6-8-15(9-7-14)10-16-11-15/h2-5,14,16H,6-11H2,1H3. The lowest BCUT2D eigenvalue weighted by molar-refractivity contribution is 0.0975. The summed E-state index contributed by atoms with van der Waals surface area (Å²) in [5, 5.41) is 3.43. The van der Waals surface area contributed by atoms with E-state index >= 15 is 0 Å². The van der Waals surface area contributed by atoms with Gasteiger partial charge in [0.15, 0.2) is 0 Å². The Kier molecular flexibility index (Phi) is 2.51. The summed E-state index contributed by atoms with van der Waals surface area (Å²) in [5.41, 5.74) is 3.63. The molecule has 1 aliphatic carbocycles. The summed E-state index contributed by atoms with van der Waals surface area (Å²) in [6.45, 7) is 4.71. The van der Waals surface area contributed by atoms with Gasteiger partial charge < -0.3 is 5.32 Å². The number of nitrogens with one attached hydrogen (secondary N) is 1. The average Bonchev–Trinajstić information content (AvgIpc) is 2.28. The summed E-state index contributed by atoms with van der Waals surface area (Å²) in [4.78, 5) is 0. The van der Waals surface area contributed by atoms with Crippen molar-refractivity contribution in [1.29, 1.82) is 0 Å². The zero-order valence-corrected chi connectivity index (χ0v) is 10.1. The van der Waals surface area contributed by atoms with Gasteiger partial charge in [0.1, 0.15) is 0 Å². The molecule has 0 unspecified atom stereocenters. The maximum Gasteiger partial charge on any atom is 0.00202 e. The van der Waals surface area contributed by atoms with Gasteiger partial charge >= 0.3 is 0 Å². The summed E-state index contributed by atoms with van der Waals surface area (Å²) in [6.07, 6.45) is 5.65. The van der Waals surface area contributed by atoms with Gasteiger partial charge in [0.25, 0.3) is 0 Å². The molecule has 0 amide bonds. The van der Waals surface area contributed by atoms with E-state index in [2.05, 4.69) is 36.5 Å². The van der Waals surface area contributed by atoms with Crippen molar-refractivity contribution in [3.05, 3.63) is 35.4 Å². The molecule has 1 heteroatoms. The van der Waals surface area contributed by atoms with Crippen LogP contribution in [-0.4, -0.2) is 13.1 Å². The van der Waals surface area contributed by atoms with E-state index < -0.39 is 0 Å². The third-order valence-electron chi connectivity index (χ3n) is 4.60. The third kappa shape index (κ3) is 1.78. The summed E-state index contributed by atoms with van der Waals surface area (Å²) in [7, 11) is 0. The van der Waals surface area contributed by atoms with E-state index in [1.54, 1.807) is 5.56 Å². The lowest BCUT2D eigenvalue weighted by Crippen LogP contribution is -2.54. The first-order valence-corrected chi connectivity index (χ1v) is 6.55. The maximum atomic E-state index is 3.43. The Morgan fingerprint density at radius 2 is 1.69 bits per heavy atom. The van der Waals surface area contributed by atoms with Crippen molar-refractivity contribution < 1.29 is 0 Å². The molecule has 0 bridgehead atoms. The van der Waals surface area contributed by atoms with Crippen molar-refractivity contribution in [3.8, 4) is 0 Å². The molecule has 1 N–H and O–H groups in total. The Morgan fingerprint density at radius 3 is 2.19 bits per heavy atom. The number of aryl methyl sites for hydroxylation is 1. The smallest absolute Gasteiger partial charge is 0.00202 e. The first-order valence-electron chi connectivity index (χ1n) is 6.55. The maximum absolute atomic E-state index is 3.43.